The molecule has 0 spiro atoms. The molecule has 0 unspecified atom stereocenters. The molecule has 0 atom stereocenters. The number of rotatable bonds is 7. The molecule has 1 aromatic heterocycles. The summed E-state index contributed by atoms with van der Waals surface area (Å²) in [5.41, 5.74) is 2.23. The van der Waals surface area contributed by atoms with E-state index in [0.717, 1.165) is 11.4 Å². The molecule has 0 radical (unpaired) electrons. The van der Waals surface area contributed by atoms with Gasteiger partial charge in [0.1, 0.15) is 5.75 Å². The Balaban J connectivity index is 1.62. The van der Waals surface area contributed by atoms with E-state index < -0.39 is 0 Å². The zero-order chi connectivity index (χ0) is 20.6. The predicted octanol–water partition coefficient (Wildman–Crippen LogP) is 4.05. The topological polar surface area (TPSA) is 80.3 Å². The molecule has 0 saturated heterocycles. The number of aromatic nitrogens is 1. The number of anilines is 1. The molecule has 2 N–H and O–H groups in total. The number of hydrogen-bond acceptors (Lipinski definition) is 4. The number of nitrogens with zero attached hydrogens (tertiary/aromatic N) is 1. The normalized spacial score (nSPS) is 10.4. The lowest BCUT2D eigenvalue weighted by molar-refractivity contribution is 0.0950. The molecule has 29 heavy (non-hydrogen) atoms. The minimum atomic E-state index is -0.290. The Labute approximate surface area is 169 Å². The molecule has 2 amide bonds. The van der Waals surface area contributed by atoms with Crippen molar-refractivity contribution >= 4 is 17.5 Å². The van der Waals surface area contributed by atoms with Crippen molar-refractivity contribution in [3.63, 3.8) is 0 Å². The Morgan fingerprint density at radius 2 is 1.66 bits per heavy atom. The van der Waals surface area contributed by atoms with Gasteiger partial charge in [0.2, 0.25) is 0 Å². The van der Waals surface area contributed by atoms with Crippen LogP contribution in [0.25, 0.3) is 0 Å². The maximum atomic E-state index is 12.5. The highest BCUT2D eigenvalue weighted by atomic mass is 16.5. The van der Waals surface area contributed by atoms with E-state index in [1.165, 1.54) is 0 Å². The van der Waals surface area contributed by atoms with Crippen molar-refractivity contribution in [1.29, 1.82) is 0 Å². The van der Waals surface area contributed by atoms with Crippen molar-refractivity contribution in [3.05, 3.63) is 89.7 Å². The minimum Gasteiger partial charge on any atom is -0.491 e. The fourth-order valence-electron chi connectivity index (χ4n) is 2.67. The smallest absolute Gasteiger partial charge is 0.255 e. The van der Waals surface area contributed by atoms with Crippen molar-refractivity contribution in [2.75, 3.05) is 5.32 Å². The van der Waals surface area contributed by atoms with Crippen molar-refractivity contribution < 1.29 is 14.3 Å². The van der Waals surface area contributed by atoms with E-state index in [1.807, 2.05) is 32.0 Å². The zero-order valence-electron chi connectivity index (χ0n) is 16.4. The van der Waals surface area contributed by atoms with Crippen LogP contribution < -0.4 is 15.4 Å². The van der Waals surface area contributed by atoms with Crippen LogP contribution in [0.15, 0.2) is 72.9 Å². The third-order valence-corrected chi connectivity index (χ3v) is 4.03. The van der Waals surface area contributed by atoms with Gasteiger partial charge in [-0.25, -0.2) is 0 Å². The first-order valence-electron chi connectivity index (χ1n) is 9.37. The number of carbonyl (C=O) groups is 2. The molecule has 3 aromatic rings. The summed E-state index contributed by atoms with van der Waals surface area (Å²) in [6.45, 7) is 4.23. The lowest BCUT2D eigenvalue weighted by Gasteiger charge is -2.11. The molecule has 0 aliphatic rings. The van der Waals surface area contributed by atoms with Gasteiger partial charge in [0.05, 0.1) is 18.3 Å². The van der Waals surface area contributed by atoms with Crippen LogP contribution in [0.1, 0.15) is 40.3 Å². The van der Waals surface area contributed by atoms with Gasteiger partial charge in [0.15, 0.2) is 0 Å². The number of pyridine rings is 1. The Morgan fingerprint density at radius 3 is 2.31 bits per heavy atom. The van der Waals surface area contributed by atoms with Crippen LogP contribution in [0.4, 0.5) is 5.69 Å². The van der Waals surface area contributed by atoms with E-state index in [0.29, 0.717) is 23.4 Å². The van der Waals surface area contributed by atoms with Crippen LogP contribution in [0.3, 0.4) is 0 Å². The Morgan fingerprint density at radius 1 is 0.931 bits per heavy atom. The first-order chi connectivity index (χ1) is 14.0. The molecule has 6 heteroatoms. The van der Waals surface area contributed by atoms with E-state index in [4.69, 9.17) is 4.74 Å². The summed E-state index contributed by atoms with van der Waals surface area (Å²) < 4.78 is 5.59. The number of hydrogen-bond donors (Lipinski definition) is 2. The van der Waals surface area contributed by atoms with E-state index in [9.17, 15) is 9.59 Å². The van der Waals surface area contributed by atoms with Crippen molar-refractivity contribution in [2.24, 2.45) is 0 Å². The van der Waals surface area contributed by atoms with Crippen LogP contribution in [-0.4, -0.2) is 22.9 Å². The highest BCUT2D eigenvalue weighted by molar-refractivity contribution is 6.06. The standard InChI is InChI=1S/C23H23N3O3/c1-16(2)29-21-11-9-19(10-12-21)26-23(28)18-7-5-6-17(14-18)22(27)25-15-20-8-3-4-13-24-20/h3-14,16H,15H2,1-2H3,(H,25,27)(H,26,28). The summed E-state index contributed by atoms with van der Waals surface area (Å²) in [4.78, 5) is 29.1. The monoisotopic (exact) mass is 389 g/mol. The van der Waals surface area contributed by atoms with Gasteiger partial charge < -0.3 is 15.4 Å². The number of benzene rings is 2. The summed E-state index contributed by atoms with van der Waals surface area (Å²) in [5.74, 6) is 0.187. The van der Waals surface area contributed by atoms with Crippen molar-refractivity contribution in [3.8, 4) is 5.75 Å². The second-order valence-corrected chi connectivity index (χ2v) is 6.73. The molecule has 0 aliphatic heterocycles. The average molecular weight is 389 g/mol. The molecule has 0 bridgehead atoms. The van der Waals surface area contributed by atoms with Gasteiger partial charge in [-0.05, 0) is 68.4 Å². The lowest BCUT2D eigenvalue weighted by atomic mass is 10.1. The second-order valence-electron chi connectivity index (χ2n) is 6.73. The lowest BCUT2D eigenvalue weighted by Crippen LogP contribution is -2.23. The molecular weight excluding hydrogens is 366 g/mol. The minimum absolute atomic E-state index is 0.0852. The maximum absolute atomic E-state index is 12.5. The third-order valence-electron chi connectivity index (χ3n) is 4.03. The highest BCUT2D eigenvalue weighted by Crippen LogP contribution is 2.18. The van der Waals surface area contributed by atoms with Gasteiger partial charge in [-0.15, -0.1) is 0 Å². The summed E-state index contributed by atoms with van der Waals surface area (Å²) in [6.07, 6.45) is 1.76. The second kappa shape index (κ2) is 9.50. The fraction of sp³-hybridized carbons (Fsp3) is 0.174. The van der Waals surface area contributed by atoms with Gasteiger partial charge in [-0.2, -0.15) is 0 Å². The van der Waals surface area contributed by atoms with Crippen LogP contribution in [-0.2, 0) is 6.54 Å². The number of ether oxygens (including phenoxy) is 1. The fourth-order valence-corrected chi connectivity index (χ4v) is 2.67. The van der Waals surface area contributed by atoms with Crippen molar-refractivity contribution in [1.82, 2.24) is 10.3 Å². The molecule has 0 aliphatic carbocycles. The molecule has 2 aromatic carbocycles. The molecule has 3 rings (SSSR count). The zero-order valence-corrected chi connectivity index (χ0v) is 16.4. The molecule has 0 fully saturated rings. The molecule has 0 saturated carbocycles. The quantitative estimate of drug-likeness (QED) is 0.639. The first kappa shape index (κ1) is 20.1. The highest BCUT2D eigenvalue weighted by Gasteiger charge is 2.11. The SMILES string of the molecule is CC(C)Oc1ccc(NC(=O)c2cccc(C(=O)NCc3ccccn3)c2)cc1. The van der Waals surface area contributed by atoms with Crippen LogP contribution in [0.5, 0.6) is 5.75 Å². The Kier molecular flexibility index (Phi) is 6.58. The van der Waals surface area contributed by atoms with Crippen LogP contribution in [0, 0.1) is 0 Å². The van der Waals surface area contributed by atoms with Gasteiger partial charge in [-0.1, -0.05) is 12.1 Å². The van der Waals surface area contributed by atoms with E-state index >= 15 is 0 Å². The summed E-state index contributed by atoms with van der Waals surface area (Å²) in [5, 5.41) is 5.63. The molecular formula is C23H23N3O3. The molecule has 148 valence electrons. The summed E-state index contributed by atoms with van der Waals surface area (Å²) in [7, 11) is 0. The van der Waals surface area contributed by atoms with Crippen molar-refractivity contribution in [2.45, 2.75) is 26.5 Å². The number of nitrogens with one attached hydrogen (secondary N) is 2. The van der Waals surface area contributed by atoms with E-state index in [2.05, 4.69) is 15.6 Å². The largest absolute Gasteiger partial charge is 0.491 e. The van der Waals surface area contributed by atoms with Gasteiger partial charge in [0.25, 0.3) is 11.8 Å². The molecule has 6 nitrogen and oxygen atoms in total. The van der Waals surface area contributed by atoms with Crippen LogP contribution in [0.2, 0.25) is 0 Å². The van der Waals surface area contributed by atoms with Gasteiger partial charge in [0, 0.05) is 23.0 Å². The first-order valence-corrected chi connectivity index (χ1v) is 9.37. The number of amides is 2. The van der Waals surface area contributed by atoms with Gasteiger partial charge >= 0.3 is 0 Å². The number of carbonyl (C=O) groups excluding carboxylic acids is 2. The summed E-state index contributed by atoms with van der Waals surface area (Å²) in [6, 6.07) is 19.3. The van der Waals surface area contributed by atoms with Gasteiger partial charge in [-0.3, -0.25) is 14.6 Å². The summed E-state index contributed by atoms with van der Waals surface area (Å²) >= 11 is 0. The molecule has 1 heterocycles. The van der Waals surface area contributed by atoms with E-state index in [1.54, 1.807) is 54.7 Å². The maximum Gasteiger partial charge on any atom is 0.255 e. The Hall–Kier alpha value is -3.67. The third kappa shape index (κ3) is 5.90. The van der Waals surface area contributed by atoms with E-state index in [-0.39, 0.29) is 17.9 Å². The predicted molar refractivity (Wildman–Crippen MR) is 112 cm³/mol. The Bertz CT molecular complexity index is 970. The average Bonchev–Trinajstić information content (AvgIpc) is 2.74. The van der Waals surface area contributed by atoms with Crippen LogP contribution >= 0.6 is 0 Å².